The van der Waals surface area contributed by atoms with Gasteiger partial charge >= 0.3 is 6.01 Å². The van der Waals surface area contributed by atoms with Gasteiger partial charge in [-0.05, 0) is 37.0 Å². The molecular formula is C14H18N4O. The second-order valence-corrected chi connectivity index (χ2v) is 4.95. The van der Waals surface area contributed by atoms with Gasteiger partial charge in [0.25, 0.3) is 0 Å². The third kappa shape index (κ3) is 2.86. The van der Waals surface area contributed by atoms with Gasteiger partial charge in [0, 0.05) is 18.8 Å². The Labute approximate surface area is 112 Å². The van der Waals surface area contributed by atoms with E-state index in [4.69, 9.17) is 10.2 Å². The van der Waals surface area contributed by atoms with E-state index in [-0.39, 0.29) is 0 Å². The minimum absolute atomic E-state index is 0.631. The van der Waals surface area contributed by atoms with Crippen LogP contribution in [-0.2, 0) is 6.42 Å². The maximum Gasteiger partial charge on any atom is 0.318 e. The van der Waals surface area contributed by atoms with Crippen molar-refractivity contribution < 1.29 is 4.42 Å². The molecule has 0 saturated carbocycles. The van der Waals surface area contributed by atoms with Gasteiger partial charge in [-0.1, -0.05) is 17.2 Å². The Kier molecular flexibility index (Phi) is 3.35. The molecule has 0 radical (unpaired) electrons. The highest BCUT2D eigenvalue weighted by Crippen LogP contribution is 2.19. The molecule has 100 valence electrons. The van der Waals surface area contributed by atoms with Crippen LogP contribution in [0.25, 0.3) is 0 Å². The Morgan fingerprint density at radius 3 is 2.79 bits per heavy atom. The van der Waals surface area contributed by atoms with Gasteiger partial charge < -0.3 is 15.1 Å². The fraction of sp³-hybridized carbons (Fsp3) is 0.429. The maximum absolute atomic E-state index is 5.76. The molecule has 5 heteroatoms. The molecular weight excluding hydrogens is 240 g/mol. The fourth-order valence-corrected chi connectivity index (χ4v) is 2.41. The van der Waals surface area contributed by atoms with E-state index in [0.29, 0.717) is 18.3 Å². The number of nitrogen functional groups attached to an aromatic ring is 1. The Bertz CT molecular complexity index is 546. The van der Waals surface area contributed by atoms with Gasteiger partial charge in [0.1, 0.15) is 0 Å². The van der Waals surface area contributed by atoms with E-state index in [1.54, 1.807) is 0 Å². The van der Waals surface area contributed by atoms with Crippen LogP contribution in [0.5, 0.6) is 0 Å². The summed E-state index contributed by atoms with van der Waals surface area (Å²) in [4.78, 5) is 2.17. The second-order valence-electron chi connectivity index (χ2n) is 4.95. The minimum Gasteiger partial charge on any atom is -0.408 e. The quantitative estimate of drug-likeness (QED) is 0.855. The molecule has 5 nitrogen and oxygen atoms in total. The summed E-state index contributed by atoms with van der Waals surface area (Å²) in [5.41, 5.74) is 7.61. The number of nitrogens with zero attached hydrogens (tertiary/aromatic N) is 3. The zero-order valence-electron chi connectivity index (χ0n) is 10.9. The number of anilines is 2. The Balaban J connectivity index is 1.70. The van der Waals surface area contributed by atoms with Crippen molar-refractivity contribution in [1.29, 1.82) is 0 Å². The Morgan fingerprint density at radius 1 is 1.16 bits per heavy atom. The van der Waals surface area contributed by atoms with E-state index < -0.39 is 0 Å². The first kappa shape index (κ1) is 12.0. The molecule has 1 aromatic carbocycles. The van der Waals surface area contributed by atoms with Crippen molar-refractivity contribution in [2.75, 3.05) is 23.7 Å². The van der Waals surface area contributed by atoms with E-state index in [1.165, 1.54) is 19.3 Å². The highest BCUT2D eigenvalue weighted by atomic mass is 16.4. The summed E-state index contributed by atoms with van der Waals surface area (Å²) in [6, 6.07) is 8.41. The van der Waals surface area contributed by atoms with Gasteiger partial charge in [-0.15, -0.1) is 5.10 Å². The normalized spacial score (nSPS) is 15.7. The average molecular weight is 258 g/mol. The molecule has 1 fully saturated rings. The summed E-state index contributed by atoms with van der Waals surface area (Å²) in [6.07, 6.45) is 4.33. The molecule has 0 amide bonds. The first-order valence-corrected chi connectivity index (χ1v) is 6.73. The number of benzene rings is 1. The van der Waals surface area contributed by atoms with Crippen molar-refractivity contribution in [2.24, 2.45) is 0 Å². The van der Waals surface area contributed by atoms with Crippen LogP contribution in [0, 0.1) is 0 Å². The summed E-state index contributed by atoms with van der Waals surface area (Å²) in [5, 5.41) is 8.25. The molecule has 1 aliphatic rings. The lowest BCUT2D eigenvalue weighted by Crippen LogP contribution is -2.29. The van der Waals surface area contributed by atoms with Crippen molar-refractivity contribution in [3.8, 4) is 0 Å². The lowest BCUT2D eigenvalue weighted by molar-refractivity contribution is 0.467. The highest BCUT2D eigenvalue weighted by molar-refractivity contribution is 5.41. The van der Waals surface area contributed by atoms with Crippen molar-refractivity contribution >= 4 is 11.7 Å². The molecule has 19 heavy (non-hydrogen) atoms. The van der Waals surface area contributed by atoms with Crippen LogP contribution in [0.1, 0.15) is 30.7 Å². The Hall–Kier alpha value is -2.04. The predicted molar refractivity (Wildman–Crippen MR) is 74.0 cm³/mol. The largest absolute Gasteiger partial charge is 0.408 e. The molecule has 0 spiro atoms. The molecule has 1 aromatic heterocycles. The summed E-state index contributed by atoms with van der Waals surface area (Å²) in [7, 11) is 0. The first-order chi connectivity index (χ1) is 9.31. The predicted octanol–water partition coefficient (Wildman–Crippen LogP) is 2.23. The minimum atomic E-state index is 0.631. The van der Waals surface area contributed by atoms with E-state index in [1.807, 2.05) is 24.3 Å². The van der Waals surface area contributed by atoms with Gasteiger partial charge in [-0.25, -0.2) is 0 Å². The van der Waals surface area contributed by atoms with E-state index in [9.17, 15) is 0 Å². The molecule has 2 aromatic rings. The van der Waals surface area contributed by atoms with Crippen LogP contribution in [-0.4, -0.2) is 23.3 Å². The Morgan fingerprint density at radius 2 is 2.00 bits per heavy atom. The van der Waals surface area contributed by atoms with Crippen LogP contribution in [0.4, 0.5) is 11.7 Å². The van der Waals surface area contributed by atoms with Gasteiger partial charge in [0.2, 0.25) is 5.89 Å². The number of nitrogens with two attached hydrogens (primary N) is 1. The van der Waals surface area contributed by atoms with Gasteiger partial charge in [-0.2, -0.15) is 0 Å². The smallest absolute Gasteiger partial charge is 0.318 e. The molecule has 0 unspecified atom stereocenters. The molecule has 0 aliphatic carbocycles. The summed E-state index contributed by atoms with van der Waals surface area (Å²) in [5.74, 6) is 0.645. The summed E-state index contributed by atoms with van der Waals surface area (Å²) in [6.45, 7) is 2.03. The van der Waals surface area contributed by atoms with E-state index in [0.717, 1.165) is 24.3 Å². The zero-order chi connectivity index (χ0) is 13.1. The van der Waals surface area contributed by atoms with Gasteiger partial charge in [-0.3, -0.25) is 0 Å². The zero-order valence-corrected chi connectivity index (χ0v) is 10.9. The van der Waals surface area contributed by atoms with E-state index >= 15 is 0 Å². The van der Waals surface area contributed by atoms with Crippen LogP contribution >= 0.6 is 0 Å². The summed E-state index contributed by atoms with van der Waals surface area (Å²) >= 11 is 0. The molecule has 1 aliphatic heterocycles. The van der Waals surface area contributed by atoms with Crippen LogP contribution < -0.4 is 10.6 Å². The third-order valence-corrected chi connectivity index (χ3v) is 3.39. The monoisotopic (exact) mass is 258 g/mol. The van der Waals surface area contributed by atoms with Crippen molar-refractivity contribution in [1.82, 2.24) is 10.2 Å². The standard InChI is InChI=1S/C14H18N4O/c15-12-6-4-5-11(9-12)10-13-16-17-14(19-13)18-7-2-1-3-8-18/h4-6,9H,1-3,7-8,10,15H2. The molecule has 1 saturated heterocycles. The van der Waals surface area contributed by atoms with Crippen LogP contribution in [0.3, 0.4) is 0 Å². The van der Waals surface area contributed by atoms with Crippen LogP contribution in [0.2, 0.25) is 0 Å². The lowest BCUT2D eigenvalue weighted by Gasteiger charge is -2.24. The number of aromatic nitrogens is 2. The van der Waals surface area contributed by atoms with Crippen molar-refractivity contribution in [3.63, 3.8) is 0 Å². The fourth-order valence-electron chi connectivity index (χ4n) is 2.41. The second kappa shape index (κ2) is 5.30. The molecule has 0 atom stereocenters. The molecule has 2 N–H and O–H groups in total. The average Bonchev–Trinajstić information content (AvgIpc) is 2.88. The number of hydrogen-bond acceptors (Lipinski definition) is 5. The van der Waals surface area contributed by atoms with Gasteiger partial charge in [0.05, 0.1) is 6.42 Å². The number of rotatable bonds is 3. The molecule has 3 rings (SSSR count). The molecule has 2 heterocycles. The van der Waals surface area contributed by atoms with Crippen molar-refractivity contribution in [3.05, 3.63) is 35.7 Å². The summed E-state index contributed by atoms with van der Waals surface area (Å²) < 4.78 is 5.73. The topological polar surface area (TPSA) is 68.2 Å². The number of hydrogen-bond donors (Lipinski definition) is 1. The number of piperidine rings is 1. The maximum atomic E-state index is 5.76. The molecule has 0 bridgehead atoms. The lowest BCUT2D eigenvalue weighted by atomic mass is 10.1. The van der Waals surface area contributed by atoms with Gasteiger partial charge in [0.15, 0.2) is 0 Å². The SMILES string of the molecule is Nc1cccc(Cc2nnc(N3CCCCC3)o2)c1. The third-order valence-electron chi connectivity index (χ3n) is 3.39. The van der Waals surface area contributed by atoms with Crippen LogP contribution in [0.15, 0.2) is 28.7 Å². The highest BCUT2D eigenvalue weighted by Gasteiger charge is 2.17. The first-order valence-electron chi connectivity index (χ1n) is 6.73. The van der Waals surface area contributed by atoms with E-state index in [2.05, 4.69) is 15.1 Å². The van der Waals surface area contributed by atoms with Crippen molar-refractivity contribution in [2.45, 2.75) is 25.7 Å².